The number of carbonyl (C=O) groups is 1. The van der Waals surface area contributed by atoms with Crippen LogP contribution in [-0.2, 0) is 18.3 Å². The molecule has 0 amide bonds. The lowest BCUT2D eigenvalue weighted by Gasteiger charge is -2.16. The predicted molar refractivity (Wildman–Crippen MR) is 106 cm³/mol. The average molecular weight is 366 g/mol. The van der Waals surface area contributed by atoms with Crippen molar-refractivity contribution in [1.82, 2.24) is 9.55 Å². The third kappa shape index (κ3) is 2.91. The van der Waals surface area contributed by atoms with Gasteiger partial charge in [0.05, 0.1) is 26.5 Å². The van der Waals surface area contributed by atoms with E-state index in [0.717, 1.165) is 33.4 Å². The Morgan fingerprint density at radius 3 is 2.74 bits per heavy atom. The molecule has 2 N–H and O–H groups in total. The molecule has 2 aromatic heterocycles. The van der Waals surface area contributed by atoms with Crippen molar-refractivity contribution >= 4 is 29.4 Å². The van der Waals surface area contributed by atoms with E-state index in [0.29, 0.717) is 12.2 Å². The number of esters is 1. The molecule has 7 heteroatoms. The van der Waals surface area contributed by atoms with Crippen molar-refractivity contribution < 1.29 is 14.3 Å². The molecule has 0 aliphatic rings. The maximum Gasteiger partial charge on any atom is 0.358 e. The van der Waals surface area contributed by atoms with Gasteiger partial charge in [-0.2, -0.15) is 0 Å². The van der Waals surface area contributed by atoms with Crippen molar-refractivity contribution in [2.75, 3.05) is 20.0 Å². The minimum absolute atomic E-state index is 0.0848. The molecular formula is C20H22N4O3. The SMILES string of the molecule is C=NCc1cn(C)c2nc(C(=O)OC)c(N)c(-c3cccc(OC)c3C)c12. The minimum atomic E-state index is -0.583. The Morgan fingerprint density at radius 2 is 2.11 bits per heavy atom. The minimum Gasteiger partial charge on any atom is -0.496 e. The summed E-state index contributed by atoms with van der Waals surface area (Å²) in [5.74, 6) is 0.150. The first-order valence-corrected chi connectivity index (χ1v) is 8.36. The molecule has 0 spiro atoms. The Kier molecular flexibility index (Phi) is 4.85. The maximum absolute atomic E-state index is 12.3. The molecule has 1 aromatic carbocycles. The van der Waals surface area contributed by atoms with E-state index in [1.54, 1.807) is 7.11 Å². The average Bonchev–Trinajstić information content (AvgIpc) is 2.97. The van der Waals surface area contributed by atoms with E-state index >= 15 is 0 Å². The van der Waals surface area contributed by atoms with Gasteiger partial charge in [-0.1, -0.05) is 12.1 Å². The van der Waals surface area contributed by atoms with Gasteiger partial charge < -0.3 is 19.8 Å². The molecule has 0 saturated carbocycles. The van der Waals surface area contributed by atoms with Crippen LogP contribution in [0.4, 0.5) is 5.69 Å². The van der Waals surface area contributed by atoms with E-state index in [9.17, 15) is 4.79 Å². The van der Waals surface area contributed by atoms with Gasteiger partial charge in [-0.05, 0) is 30.8 Å². The summed E-state index contributed by atoms with van der Waals surface area (Å²) >= 11 is 0. The number of hydrogen-bond donors (Lipinski definition) is 1. The van der Waals surface area contributed by atoms with E-state index in [1.807, 2.05) is 42.9 Å². The van der Waals surface area contributed by atoms with Gasteiger partial charge in [0, 0.05) is 29.8 Å². The Bertz CT molecular complexity index is 1050. The third-order valence-electron chi connectivity index (χ3n) is 4.65. The van der Waals surface area contributed by atoms with Crippen molar-refractivity contribution in [2.24, 2.45) is 12.0 Å². The molecule has 2 heterocycles. The van der Waals surface area contributed by atoms with Gasteiger partial charge in [0.1, 0.15) is 11.4 Å². The number of aliphatic imine (C=N–C) groups is 1. The van der Waals surface area contributed by atoms with Crippen LogP contribution in [0.1, 0.15) is 21.6 Å². The molecule has 0 aliphatic carbocycles. The monoisotopic (exact) mass is 366 g/mol. The van der Waals surface area contributed by atoms with E-state index in [4.69, 9.17) is 15.2 Å². The quantitative estimate of drug-likeness (QED) is 0.553. The fraction of sp³-hybridized carbons (Fsp3) is 0.250. The van der Waals surface area contributed by atoms with Gasteiger partial charge in [-0.25, -0.2) is 9.78 Å². The topological polar surface area (TPSA) is 91.7 Å². The highest BCUT2D eigenvalue weighted by Gasteiger charge is 2.25. The van der Waals surface area contributed by atoms with E-state index < -0.39 is 5.97 Å². The molecule has 0 saturated heterocycles. The number of nitrogen functional groups attached to an aromatic ring is 1. The molecule has 3 aromatic rings. The molecule has 7 nitrogen and oxygen atoms in total. The van der Waals surface area contributed by atoms with Gasteiger partial charge in [0.15, 0.2) is 5.69 Å². The number of rotatable bonds is 5. The van der Waals surface area contributed by atoms with Gasteiger partial charge in [0.25, 0.3) is 0 Å². The van der Waals surface area contributed by atoms with Crippen LogP contribution in [0.2, 0.25) is 0 Å². The highest BCUT2D eigenvalue weighted by molar-refractivity contribution is 6.08. The Morgan fingerprint density at radius 1 is 1.37 bits per heavy atom. The van der Waals surface area contributed by atoms with E-state index in [1.165, 1.54) is 7.11 Å². The molecule has 3 rings (SSSR count). The van der Waals surface area contributed by atoms with Crippen LogP contribution in [-0.4, -0.2) is 36.5 Å². The smallest absolute Gasteiger partial charge is 0.358 e. The molecule has 0 bridgehead atoms. The number of anilines is 1. The van der Waals surface area contributed by atoms with Crippen molar-refractivity contribution in [3.8, 4) is 16.9 Å². The second-order valence-corrected chi connectivity index (χ2v) is 6.22. The van der Waals surface area contributed by atoms with Gasteiger partial charge >= 0.3 is 5.97 Å². The second kappa shape index (κ2) is 7.11. The Balaban J connectivity index is 2.50. The lowest BCUT2D eigenvalue weighted by atomic mass is 9.94. The van der Waals surface area contributed by atoms with Crippen LogP contribution in [0.15, 0.2) is 29.4 Å². The lowest BCUT2D eigenvalue weighted by molar-refractivity contribution is 0.0596. The first-order chi connectivity index (χ1) is 12.9. The zero-order valence-electron chi connectivity index (χ0n) is 15.9. The van der Waals surface area contributed by atoms with Crippen molar-refractivity contribution in [3.05, 3.63) is 41.2 Å². The number of carbonyl (C=O) groups excluding carboxylic acids is 1. The van der Waals surface area contributed by atoms with E-state index in [-0.39, 0.29) is 11.4 Å². The fourth-order valence-corrected chi connectivity index (χ4v) is 3.38. The molecule has 140 valence electrons. The number of fused-ring (bicyclic) bond motifs is 1. The summed E-state index contributed by atoms with van der Waals surface area (Å²) in [5.41, 5.74) is 10.8. The van der Waals surface area contributed by atoms with Crippen LogP contribution in [0.5, 0.6) is 5.75 Å². The highest BCUT2D eigenvalue weighted by atomic mass is 16.5. The number of aromatic nitrogens is 2. The first-order valence-electron chi connectivity index (χ1n) is 8.36. The summed E-state index contributed by atoms with van der Waals surface area (Å²) < 4.78 is 12.2. The van der Waals surface area contributed by atoms with Crippen molar-refractivity contribution in [2.45, 2.75) is 13.5 Å². The van der Waals surface area contributed by atoms with Crippen LogP contribution < -0.4 is 10.5 Å². The van der Waals surface area contributed by atoms with Crippen molar-refractivity contribution in [1.29, 1.82) is 0 Å². The number of benzene rings is 1. The Labute approximate surface area is 157 Å². The number of pyridine rings is 1. The normalized spacial score (nSPS) is 10.8. The highest BCUT2D eigenvalue weighted by Crippen LogP contribution is 2.41. The molecule has 0 aliphatic heterocycles. The fourth-order valence-electron chi connectivity index (χ4n) is 3.38. The van der Waals surface area contributed by atoms with Gasteiger partial charge in [0.2, 0.25) is 0 Å². The molecule has 0 fully saturated rings. The largest absolute Gasteiger partial charge is 0.496 e. The molecular weight excluding hydrogens is 344 g/mol. The summed E-state index contributed by atoms with van der Waals surface area (Å²) in [6, 6.07) is 5.72. The number of aryl methyl sites for hydroxylation is 1. The number of hydrogen-bond acceptors (Lipinski definition) is 6. The molecule has 27 heavy (non-hydrogen) atoms. The van der Waals surface area contributed by atoms with Crippen LogP contribution in [0.3, 0.4) is 0 Å². The number of methoxy groups -OCH3 is 2. The molecule has 0 atom stereocenters. The Hall–Kier alpha value is -3.35. The summed E-state index contributed by atoms with van der Waals surface area (Å²) in [7, 11) is 4.79. The van der Waals surface area contributed by atoms with Crippen LogP contribution in [0.25, 0.3) is 22.2 Å². The van der Waals surface area contributed by atoms with Crippen LogP contribution >= 0.6 is 0 Å². The number of ether oxygens (including phenoxy) is 2. The zero-order valence-corrected chi connectivity index (χ0v) is 15.9. The maximum atomic E-state index is 12.3. The predicted octanol–water partition coefficient (Wildman–Crippen LogP) is 3.13. The number of nitrogens with two attached hydrogens (primary N) is 1. The summed E-state index contributed by atoms with van der Waals surface area (Å²) in [5, 5.41) is 0.839. The second-order valence-electron chi connectivity index (χ2n) is 6.22. The van der Waals surface area contributed by atoms with Gasteiger partial charge in [-0.15, -0.1) is 0 Å². The molecule has 0 radical (unpaired) electrons. The molecule has 0 unspecified atom stereocenters. The lowest BCUT2D eigenvalue weighted by Crippen LogP contribution is -2.11. The summed E-state index contributed by atoms with van der Waals surface area (Å²) in [6.07, 6.45) is 1.92. The standard InChI is InChI=1S/C20H22N4O3/c1-11-13(7-6-8-14(11)26-4)16-15-12(9-22-2)10-24(3)19(15)23-18(17(16)21)20(25)27-5/h6-8,10H,2,9,21H2,1,3-5H3. The van der Waals surface area contributed by atoms with E-state index in [2.05, 4.69) is 16.7 Å². The third-order valence-corrected chi connectivity index (χ3v) is 4.65. The zero-order chi connectivity index (χ0) is 19.7. The van der Waals surface area contributed by atoms with Gasteiger partial charge in [-0.3, -0.25) is 4.99 Å². The summed E-state index contributed by atoms with van der Waals surface area (Å²) in [4.78, 5) is 20.8. The van der Waals surface area contributed by atoms with Crippen LogP contribution in [0, 0.1) is 6.92 Å². The van der Waals surface area contributed by atoms with Crippen molar-refractivity contribution in [3.63, 3.8) is 0 Å². The summed E-state index contributed by atoms with van der Waals surface area (Å²) in [6.45, 7) is 5.96. The first kappa shape index (κ1) is 18.4. The number of nitrogens with zero attached hydrogens (tertiary/aromatic N) is 3.